The summed E-state index contributed by atoms with van der Waals surface area (Å²) in [5.41, 5.74) is 0. The molecule has 3 unspecified atom stereocenters. The molecule has 19 heavy (non-hydrogen) atoms. The van der Waals surface area contributed by atoms with Gasteiger partial charge in [0.05, 0.1) is 12.2 Å². The number of thiol groups is 2. The zero-order chi connectivity index (χ0) is 13.7. The molecule has 0 aromatic rings. The van der Waals surface area contributed by atoms with Crippen LogP contribution in [0.1, 0.15) is 64.7 Å². The van der Waals surface area contributed by atoms with Gasteiger partial charge in [-0.15, -0.1) is 0 Å². The van der Waals surface area contributed by atoms with Gasteiger partial charge in [0.1, 0.15) is 0 Å². The number of hydrogen-bond donors (Lipinski definition) is 2. The Labute approximate surface area is 129 Å². The van der Waals surface area contributed by atoms with Crippen molar-refractivity contribution in [1.29, 1.82) is 0 Å². The van der Waals surface area contributed by atoms with Gasteiger partial charge in [0.25, 0.3) is 0 Å². The summed E-state index contributed by atoms with van der Waals surface area (Å²) in [7, 11) is 0. The summed E-state index contributed by atoms with van der Waals surface area (Å²) in [6, 6.07) is 0. The Kier molecular flexibility index (Phi) is 6.87. The van der Waals surface area contributed by atoms with Gasteiger partial charge in [-0.1, -0.05) is 19.8 Å². The van der Waals surface area contributed by atoms with E-state index in [1.807, 2.05) is 0 Å². The molecule has 0 saturated heterocycles. The zero-order valence-electron chi connectivity index (χ0n) is 12.0. The standard InChI is InChI=1S/C15H28O2S2/c1-11(13-6-9-15(17-19)10-7-13)12-3-2-4-14(16-18)8-5-12/h11-15,18-19H,2-10H2,1H3. The van der Waals surface area contributed by atoms with E-state index >= 15 is 0 Å². The highest BCUT2D eigenvalue weighted by molar-refractivity contribution is 7.75. The first kappa shape index (κ1) is 16.0. The molecule has 0 spiro atoms. The Hall–Kier alpha value is 0.620. The number of hydrogen-bond acceptors (Lipinski definition) is 4. The molecule has 0 aromatic carbocycles. The smallest absolute Gasteiger partial charge is 0.0719 e. The molecule has 112 valence electrons. The molecule has 2 nitrogen and oxygen atoms in total. The Balaban J connectivity index is 1.80. The highest BCUT2D eigenvalue weighted by Crippen LogP contribution is 2.40. The molecular weight excluding hydrogens is 276 g/mol. The fraction of sp³-hybridized carbons (Fsp3) is 1.00. The van der Waals surface area contributed by atoms with E-state index in [4.69, 9.17) is 8.37 Å². The van der Waals surface area contributed by atoms with Crippen molar-refractivity contribution in [2.24, 2.45) is 17.8 Å². The Morgan fingerprint density at radius 1 is 0.737 bits per heavy atom. The third kappa shape index (κ3) is 4.55. The lowest BCUT2D eigenvalue weighted by Crippen LogP contribution is -2.27. The SMILES string of the molecule is CC(C1CCCC(OS)CC1)C1CCC(OS)CC1. The summed E-state index contributed by atoms with van der Waals surface area (Å²) in [6.07, 6.45) is 12.1. The molecule has 0 heterocycles. The van der Waals surface area contributed by atoms with Crippen molar-refractivity contribution in [2.75, 3.05) is 0 Å². The second-order valence-electron chi connectivity index (χ2n) is 6.50. The summed E-state index contributed by atoms with van der Waals surface area (Å²) in [5.74, 6) is 2.62. The number of rotatable bonds is 4. The van der Waals surface area contributed by atoms with Crippen molar-refractivity contribution in [3.8, 4) is 0 Å². The van der Waals surface area contributed by atoms with Crippen LogP contribution in [-0.4, -0.2) is 12.2 Å². The molecular formula is C15H28O2S2. The van der Waals surface area contributed by atoms with E-state index in [9.17, 15) is 0 Å². The van der Waals surface area contributed by atoms with E-state index in [1.54, 1.807) is 0 Å². The van der Waals surface area contributed by atoms with Gasteiger partial charge in [0, 0.05) is 0 Å². The van der Waals surface area contributed by atoms with E-state index in [0.717, 1.165) is 17.8 Å². The third-order valence-corrected chi connectivity index (χ3v) is 6.06. The highest BCUT2D eigenvalue weighted by Gasteiger charge is 2.31. The molecule has 0 aromatic heterocycles. The maximum absolute atomic E-state index is 5.24. The Morgan fingerprint density at radius 2 is 1.21 bits per heavy atom. The van der Waals surface area contributed by atoms with Gasteiger partial charge in [0.15, 0.2) is 0 Å². The summed E-state index contributed by atoms with van der Waals surface area (Å²) in [6.45, 7) is 2.47. The van der Waals surface area contributed by atoms with Gasteiger partial charge >= 0.3 is 0 Å². The fourth-order valence-corrected chi connectivity index (χ4v) is 4.45. The van der Waals surface area contributed by atoms with Crippen molar-refractivity contribution < 1.29 is 8.37 Å². The molecule has 2 fully saturated rings. The fourth-order valence-electron chi connectivity index (χ4n) is 4.03. The molecule has 2 aliphatic carbocycles. The summed E-state index contributed by atoms with van der Waals surface area (Å²) in [4.78, 5) is 0. The van der Waals surface area contributed by atoms with Crippen molar-refractivity contribution in [3.63, 3.8) is 0 Å². The molecule has 0 amide bonds. The lowest BCUT2D eigenvalue weighted by molar-refractivity contribution is 0.109. The first-order valence-electron chi connectivity index (χ1n) is 7.85. The van der Waals surface area contributed by atoms with Gasteiger partial charge in [-0.25, -0.2) is 0 Å². The largest absolute Gasteiger partial charge is 0.315 e. The first-order chi connectivity index (χ1) is 9.24. The predicted octanol–water partition coefficient (Wildman–Crippen LogP) is 4.85. The predicted molar refractivity (Wildman–Crippen MR) is 85.4 cm³/mol. The van der Waals surface area contributed by atoms with Crippen molar-refractivity contribution >= 4 is 25.8 Å². The summed E-state index contributed by atoms with van der Waals surface area (Å²) >= 11 is 7.95. The Morgan fingerprint density at radius 3 is 1.74 bits per heavy atom. The molecule has 2 aliphatic rings. The molecule has 4 heteroatoms. The van der Waals surface area contributed by atoms with Crippen LogP contribution in [0.2, 0.25) is 0 Å². The van der Waals surface area contributed by atoms with Gasteiger partial charge in [0.2, 0.25) is 0 Å². The van der Waals surface area contributed by atoms with E-state index in [2.05, 4.69) is 32.7 Å². The topological polar surface area (TPSA) is 18.5 Å². The van der Waals surface area contributed by atoms with Crippen LogP contribution in [0.5, 0.6) is 0 Å². The maximum Gasteiger partial charge on any atom is 0.0719 e. The minimum atomic E-state index is 0.383. The quantitative estimate of drug-likeness (QED) is 0.439. The Bertz CT molecular complexity index is 255. The van der Waals surface area contributed by atoms with E-state index < -0.39 is 0 Å². The normalized spacial score (nSPS) is 38.7. The van der Waals surface area contributed by atoms with Crippen LogP contribution in [0.4, 0.5) is 0 Å². The average molecular weight is 305 g/mol. The lowest BCUT2D eigenvalue weighted by atomic mass is 9.72. The second-order valence-corrected chi connectivity index (χ2v) is 6.92. The summed E-state index contributed by atoms with van der Waals surface area (Å²) in [5, 5.41) is 0. The summed E-state index contributed by atoms with van der Waals surface area (Å²) < 4.78 is 10.4. The van der Waals surface area contributed by atoms with Crippen molar-refractivity contribution in [1.82, 2.24) is 0 Å². The van der Waals surface area contributed by atoms with Crippen LogP contribution in [-0.2, 0) is 8.37 Å². The second kappa shape index (κ2) is 8.16. The van der Waals surface area contributed by atoms with Crippen LogP contribution in [0, 0.1) is 17.8 Å². The molecule has 0 bridgehead atoms. The third-order valence-electron chi connectivity index (χ3n) is 5.46. The van der Waals surface area contributed by atoms with Gasteiger partial charge in [-0.3, -0.25) is 0 Å². The maximum atomic E-state index is 5.24. The van der Waals surface area contributed by atoms with Crippen molar-refractivity contribution in [2.45, 2.75) is 76.9 Å². The molecule has 2 rings (SSSR count). The molecule has 2 saturated carbocycles. The van der Waals surface area contributed by atoms with Crippen LogP contribution in [0.15, 0.2) is 0 Å². The van der Waals surface area contributed by atoms with Gasteiger partial charge < -0.3 is 8.37 Å². The zero-order valence-corrected chi connectivity index (χ0v) is 13.8. The van der Waals surface area contributed by atoms with E-state index in [-0.39, 0.29) is 0 Å². The lowest BCUT2D eigenvalue weighted by Gasteiger charge is -2.35. The van der Waals surface area contributed by atoms with Crippen molar-refractivity contribution in [3.05, 3.63) is 0 Å². The van der Waals surface area contributed by atoms with E-state index in [0.29, 0.717) is 12.2 Å². The molecule has 0 radical (unpaired) electrons. The highest BCUT2D eigenvalue weighted by atomic mass is 32.1. The minimum Gasteiger partial charge on any atom is -0.315 e. The van der Waals surface area contributed by atoms with Crippen LogP contribution >= 0.6 is 25.8 Å². The molecule has 0 aliphatic heterocycles. The first-order valence-corrected chi connectivity index (χ1v) is 8.58. The van der Waals surface area contributed by atoms with Crippen LogP contribution < -0.4 is 0 Å². The molecule has 0 N–H and O–H groups in total. The van der Waals surface area contributed by atoms with Gasteiger partial charge in [-0.2, -0.15) is 0 Å². The average Bonchev–Trinajstić information content (AvgIpc) is 2.72. The van der Waals surface area contributed by atoms with Gasteiger partial charge in [-0.05, 0) is 88.5 Å². The minimum absolute atomic E-state index is 0.383. The van der Waals surface area contributed by atoms with Crippen LogP contribution in [0.25, 0.3) is 0 Å². The molecule has 3 atom stereocenters. The van der Waals surface area contributed by atoms with Crippen LogP contribution in [0.3, 0.4) is 0 Å². The van der Waals surface area contributed by atoms with E-state index in [1.165, 1.54) is 57.8 Å². The monoisotopic (exact) mass is 304 g/mol.